The minimum absolute atomic E-state index is 1.26. The lowest BCUT2D eigenvalue weighted by molar-refractivity contribution is 1.39. The van der Waals surface area contributed by atoms with Crippen LogP contribution in [-0.4, -0.2) is 0 Å². The maximum absolute atomic E-state index is 2.59. The summed E-state index contributed by atoms with van der Waals surface area (Å²) < 4.78 is 5.36. The molecule has 0 bridgehead atoms. The molecule has 0 aliphatic heterocycles. The van der Waals surface area contributed by atoms with E-state index < -0.39 is 0 Å². The van der Waals surface area contributed by atoms with Crippen LogP contribution in [0.3, 0.4) is 0 Å². The first-order valence-corrected chi connectivity index (χ1v) is 27.6. The second-order valence-electron chi connectivity index (χ2n) is 21.2. The van der Waals surface area contributed by atoms with Gasteiger partial charge in [-0.05, 0) is 225 Å². The van der Waals surface area contributed by atoms with E-state index in [4.69, 9.17) is 0 Å². The molecule has 0 radical (unpaired) electrons. The van der Waals surface area contributed by atoms with Crippen molar-refractivity contribution in [2.75, 3.05) is 0 Å². The molecule has 0 atom stereocenters. The quantitative estimate of drug-likeness (QED) is 0.146. The molecule has 0 aliphatic rings. The SMILES string of the molecule is Cc1cc(-c2ccc3c(c2)sc2c3cc3c(-c4c(C)cccc4C)cc4c5sc6cc(-c7cc(C)c(-c8ccccc8)cc7C)ccc6c5cc5c(-c6c(C)cccc6C)cc2c3c54)c(C)cc1-c1ccccc1. The molecule has 0 spiro atoms. The molecule has 0 amide bonds. The van der Waals surface area contributed by atoms with Gasteiger partial charge in [-0.1, -0.05) is 146 Å². The molecule has 2 heterocycles. The van der Waals surface area contributed by atoms with Gasteiger partial charge in [0, 0.05) is 51.1 Å². The van der Waals surface area contributed by atoms with Gasteiger partial charge >= 0.3 is 0 Å². The summed E-state index contributed by atoms with van der Waals surface area (Å²) in [6.07, 6.45) is 0. The number of benzene rings is 12. The van der Waals surface area contributed by atoms with Crippen LogP contribution in [0, 0.1) is 55.4 Å². The Bertz CT molecular complexity index is 4320. The number of thiophene rings is 2. The minimum Gasteiger partial charge on any atom is -0.135 e. The number of fused-ring (bicyclic) bond motifs is 8. The molecule has 74 heavy (non-hydrogen) atoms. The van der Waals surface area contributed by atoms with Crippen LogP contribution in [0.2, 0.25) is 0 Å². The van der Waals surface area contributed by atoms with E-state index in [1.807, 2.05) is 22.7 Å². The zero-order valence-electron chi connectivity index (χ0n) is 43.1. The summed E-state index contributed by atoms with van der Waals surface area (Å²) in [5.41, 5.74) is 25.9. The summed E-state index contributed by atoms with van der Waals surface area (Å²) in [6, 6.07) is 69.5. The Balaban J connectivity index is 1.06. The van der Waals surface area contributed by atoms with E-state index >= 15 is 0 Å². The van der Waals surface area contributed by atoms with E-state index in [0.717, 1.165) is 0 Å². The summed E-state index contributed by atoms with van der Waals surface area (Å²) >= 11 is 3.93. The molecular formula is C72H54S2. The van der Waals surface area contributed by atoms with Gasteiger partial charge in [0.25, 0.3) is 0 Å². The molecule has 12 aromatic carbocycles. The molecule has 2 aromatic heterocycles. The molecule has 354 valence electrons. The largest absolute Gasteiger partial charge is 0.135 e. The summed E-state index contributed by atoms with van der Waals surface area (Å²) in [5, 5.41) is 13.4. The highest BCUT2D eigenvalue weighted by atomic mass is 32.1. The van der Waals surface area contributed by atoms with E-state index in [1.165, 1.54) is 184 Å². The van der Waals surface area contributed by atoms with E-state index in [-0.39, 0.29) is 0 Å². The molecule has 14 rings (SSSR count). The van der Waals surface area contributed by atoms with Gasteiger partial charge in [-0.15, -0.1) is 22.7 Å². The predicted octanol–water partition coefficient (Wildman–Crippen LogP) is 21.8. The second kappa shape index (κ2) is 16.8. The zero-order chi connectivity index (χ0) is 50.3. The van der Waals surface area contributed by atoms with Crippen LogP contribution in [0.5, 0.6) is 0 Å². The van der Waals surface area contributed by atoms with Crippen LogP contribution < -0.4 is 0 Å². The molecule has 2 heteroatoms. The molecule has 0 aliphatic carbocycles. The Morgan fingerprint density at radius 2 is 0.581 bits per heavy atom. The van der Waals surface area contributed by atoms with Crippen LogP contribution in [-0.2, 0) is 0 Å². The highest BCUT2D eigenvalue weighted by Gasteiger charge is 2.26. The van der Waals surface area contributed by atoms with Gasteiger partial charge < -0.3 is 0 Å². The van der Waals surface area contributed by atoms with Crippen molar-refractivity contribution in [2.45, 2.75) is 55.4 Å². The maximum Gasteiger partial charge on any atom is 0.0434 e. The van der Waals surface area contributed by atoms with E-state index in [0.29, 0.717) is 0 Å². The monoisotopic (exact) mass is 982 g/mol. The van der Waals surface area contributed by atoms with Gasteiger partial charge in [-0.3, -0.25) is 0 Å². The normalized spacial score (nSPS) is 12.1. The third-order valence-corrected chi connectivity index (χ3v) is 18.8. The average Bonchev–Trinajstić information content (AvgIpc) is 3.99. The van der Waals surface area contributed by atoms with Crippen molar-refractivity contribution in [3.63, 3.8) is 0 Å². The minimum atomic E-state index is 1.26. The van der Waals surface area contributed by atoms with Gasteiger partial charge in [0.15, 0.2) is 0 Å². The van der Waals surface area contributed by atoms with Crippen LogP contribution in [0.15, 0.2) is 182 Å². The van der Waals surface area contributed by atoms with Crippen molar-refractivity contribution in [3.05, 3.63) is 226 Å². The third kappa shape index (κ3) is 6.78. The summed E-state index contributed by atoms with van der Waals surface area (Å²) in [7, 11) is 0. The van der Waals surface area contributed by atoms with Gasteiger partial charge in [0.2, 0.25) is 0 Å². The van der Waals surface area contributed by atoms with Crippen molar-refractivity contribution in [1.82, 2.24) is 0 Å². The lowest BCUT2D eigenvalue weighted by Gasteiger charge is -2.22. The van der Waals surface area contributed by atoms with Gasteiger partial charge in [0.1, 0.15) is 0 Å². The fourth-order valence-electron chi connectivity index (χ4n) is 12.9. The van der Waals surface area contributed by atoms with Gasteiger partial charge in [0.05, 0.1) is 0 Å². The molecule has 0 saturated carbocycles. The first-order valence-electron chi connectivity index (χ1n) is 26.0. The van der Waals surface area contributed by atoms with Crippen molar-refractivity contribution in [3.8, 4) is 66.8 Å². The predicted molar refractivity (Wildman–Crippen MR) is 326 cm³/mol. The molecule has 0 N–H and O–H groups in total. The highest BCUT2D eigenvalue weighted by Crippen LogP contribution is 2.54. The Morgan fingerprint density at radius 3 is 0.946 bits per heavy atom. The topological polar surface area (TPSA) is 0 Å². The Hall–Kier alpha value is -7.88. The first kappa shape index (κ1) is 44.8. The van der Waals surface area contributed by atoms with Crippen molar-refractivity contribution < 1.29 is 0 Å². The zero-order valence-corrected chi connectivity index (χ0v) is 44.8. The second-order valence-corrected chi connectivity index (χ2v) is 23.3. The van der Waals surface area contributed by atoms with E-state index in [1.54, 1.807) is 0 Å². The number of rotatable bonds is 6. The highest BCUT2D eigenvalue weighted by molar-refractivity contribution is 7.27. The third-order valence-electron chi connectivity index (χ3n) is 16.4. The summed E-state index contributed by atoms with van der Waals surface area (Å²) in [5.74, 6) is 0. The number of hydrogen-bond donors (Lipinski definition) is 0. The standard InChI is InChI=1S/C72H54S2/c1-39-17-15-18-40(2)67(39)57-37-63-70-60(36-62-52-28-26-50(34-66(52)73-71(62)63)56-32-44(6)54(30-46(56)8)48-23-13-10-14-24-48)58(68-41(3)19-16-20-42(68)4)38-64-69(70)59(57)35-61-51-27-25-49(33-65(51)74-72(61)64)55-31-43(5)53(29-45(55)7)47-21-11-9-12-22-47/h9-38H,1-8H3. The van der Waals surface area contributed by atoms with Crippen molar-refractivity contribution in [2.24, 2.45) is 0 Å². The summed E-state index contributed by atoms with van der Waals surface area (Å²) in [6.45, 7) is 18.2. The van der Waals surface area contributed by atoms with Gasteiger partial charge in [-0.25, -0.2) is 0 Å². The molecule has 0 nitrogen and oxygen atoms in total. The first-order chi connectivity index (χ1) is 36.0. The maximum atomic E-state index is 2.59. The Morgan fingerprint density at radius 1 is 0.230 bits per heavy atom. The van der Waals surface area contributed by atoms with Crippen LogP contribution >= 0.6 is 22.7 Å². The van der Waals surface area contributed by atoms with Crippen LogP contribution in [0.1, 0.15) is 44.5 Å². The fourth-order valence-corrected chi connectivity index (χ4v) is 15.4. The molecule has 0 fully saturated rings. The molecular weight excluding hydrogens is 929 g/mol. The Kier molecular flexibility index (Phi) is 10.2. The smallest absolute Gasteiger partial charge is 0.0434 e. The van der Waals surface area contributed by atoms with Crippen molar-refractivity contribution in [1.29, 1.82) is 0 Å². The molecule has 0 saturated heterocycles. The van der Waals surface area contributed by atoms with E-state index in [2.05, 4.69) is 237 Å². The lowest BCUT2D eigenvalue weighted by atomic mass is 9.82. The fraction of sp³-hybridized carbons (Fsp3) is 0.111. The Labute approximate surface area is 441 Å². The average molecular weight is 983 g/mol. The van der Waals surface area contributed by atoms with E-state index in [9.17, 15) is 0 Å². The van der Waals surface area contributed by atoms with Crippen molar-refractivity contribution >= 4 is 95.3 Å². The number of hydrogen-bond acceptors (Lipinski definition) is 2. The van der Waals surface area contributed by atoms with Gasteiger partial charge in [-0.2, -0.15) is 0 Å². The molecule has 14 aromatic rings. The summed E-state index contributed by atoms with van der Waals surface area (Å²) in [4.78, 5) is 0. The van der Waals surface area contributed by atoms with Crippen LogP contribution in [0.4, 0.5) is 0 Å². The lowest BCUT2D eigenvalue weighted by Crippen LogP contribution is -1.95. The molecule has 0 unspecified atom stereocenters. The van der Waals surface area contributed by atoms with Crippen LogP contribution in [0.25, 0.3) is 139 Å². The number of aryl methyl sites for hydroxylation is 8.